The van der Waals surface area contributed by atoms with Crippen molar-refractivity contribution in [3.63, 3.8) is 0 Å². The highest BCUT2D eigenvalue weighted by atomic mass is 32.1. The molecule has 20 heteroatoms. The number of ether oxygens (including phenoxy) is 4. The number of fused-ring (bicyclic) bond motifs is 6. The Kier molecular flexibility index (Phi) is 12.9. The molecule has 3 aromatic carbocycles. The number of thiophene rings is 1. The zero-order chi connectivity index (χ0) is 50.7. The molecule has 73 heavy (non-hydrogen) atoms. The maximum absolute atomic E-state index is 15.3. The van der Waals surface area contributed by atoms with Gasteiger partial charge in [0.05, 0.1) is 79.3 Å². The number of carbonyl (C=O) groups excluding carboxylic acids is 4. The third-order valence-electron chi connectivity index (χ3n) is 14.6. The molecule has 8 heterocycles. The molecule has 0 bridgehead atoms. The first-order valence-electron chi connectivity index (χ1n) is 24.6. The van der Waals surface area contributed by atoms with E-state index in [-0.39, 0.29) is 43.7 Å². The summed E-state index contributed by atoms with van der Waals surface area (Å²) in [6.07, 6.45) is 0.0548. The summed E-state index contributed by atoms with van der Waals surface area (Å²) in [7, 11) is 2.47. The second-order valence-electron chi connectivity index (χ2n) is 19.5. The van der Waals surface area contributed by atoms with E-state index < -0.39 is 60.8 Å². The maximum Gasteiger partial charge on any atom is 0.407 e. The number of hydrogen-bond acceptors (Lipinski definition) is 11. The van der Waals surface area contributed by atoms with E-state index in [9.17, 15) is 19.2 Å². The number of benzene rings is 3. The number of alkyl halides is 2. The van der Waals surface area contributed by atoms with Gasteiger partial charge in [0, 0.05) is 52.8 Å². The third-order valence-corrected chi connectivity index (χ3v) is 15.8. The van der Waals surface area contributed by atoms with E-state index in [0.29, 0.717) is 54.8 Å². The Labute approximate surface area is 422 Å². The molecule has 17 nitrogen and oxygen atoms in total. The molecule has 4 aromatic heterocycles. The van der Waals surface area contributed by atoms with Crippen molar-refractivity contribution < 1.29 is 46.9 Å². The minimum absolute atomic E-state index is 0.0501. The number of halogens is 2. The van der Waals surface area contributed by atoms with E-state index in [1.165, 1.54) is 24.0 Å². The van der Waals surface area contributed by atoms with Gasteiger partial charge in [-0.2, -0.15) is 0 Å². The van der Waals surface area contributed by atoms with E-state index in [4.69, 9.17) is 23.9 Å². The van der Waals surface area contributed by atoms with Gasteiger partial charge in [-0.05, 0) is 72.5 Å². The van der Waals surface area contributed by atoms with Crippen molar-refractivity contribution in [1.82, 2.24) is 44.9 Å². The number of alkyl carbamates (subject to hydrolysis) is 2. The van der Waals surface area contributed by atoms with Gasteiger partial charge in [-0.15, -0.1) is 11.3 Å². The summed E-state index contributed by atoms with van der Waals surface area (Å²) in [4.78, 5) is 72.7. The van der Waals surface area contributed by atoms with Crippen LogP contribution in [0.2, 0.25) is 0 Å². The zero-order valence-electron chi connectivity index (χ0n) is 40.6. The molecule has 7 atom stereocenters. The number of likely N-dealkylation sites (tertiary alicyclic amines) is 2. The van der Waals surface area contributed by atoms with Crippen LogP contribution >= 0.6 is 11.3 Å². The van der Waals surface area contributed by atoms with Crippen molar-refractivity contribution in [3.05, 3.63) is 102 Å². The van der Waals surface area contributed by atoms with Gasteiger partial charge in [0.1, 0.15) is 41.8 Å². The summed E-state index contributed by atoms with van der Waals surface area (Å²) in [6.45, 7) is 4.27. The fraction of sp³-hybridized carbons (Fsp3) is 0.396. The molecular weight excluding hydrogens is 961 g/mol. The topological polar surface area (TPSA) is 198 Å². The van der Waals surface area contributed by atoms with Crippen LogP contribution in [0, 0.1) is 11.8 Å². The molecule has 4 amide bonds. The molecule has 3 fully saturated rings. The molecule has 4 N–H and O–H groups in total. The van der Waals surface area contributed by atoms with Gasteiger partial charge in [-0.1, -0.05) is 44.2 Å². The van der Waals surface area contributed by atoms with Gasteiger partial charge in [0.15, 0.2) is 0 Å². The van der Waals surface area contributed by atoms with Crippen LogP contribution in [0.1, 0.15) is 74.4 Å². The average Bonchev–Trinajstić information content (AvgIpc) is 4.28. The molecule has 7 aromatic rings. The Morgan fingerprint density at radius 2 is 1.40 bits per heavy atom. The van der Waals surface area contributed by atoms with Crippen LogP contribution in [-0.2, 0) is 23.8 Å². The van der Waals surface area contributed by atoms with Crippen LogP contribution < -0.4 is 15.4 Å². The van der Waals surface area contributed by atoms with Crippen LogP contribution in [0.4, 0.5) is 18.4 Å². The first-order chi connectivity index (χ1) is 35.3. The standard InChI is InChI=1S/C53H55F2N9O8S/c1-27(2)45(60-52(67)69-3)49(65)62-25-33(54)21-40(62)47-57-24-37(59-47)30-9-11-35-39-18-32-17-29(10-12-38(32)64(39)51(72-42(35)19-30)44-20-31-7-5-6-8-43(31)73-44)36-23-56-48(58-36)41-22-34(55)26-63(41)50(66)46(61-53(68)70-4)28-13-15-71-16-14-28/h5-12,17-20,23-24,27-28,33-34,40-41,45-46,51H,13-16,21-22,25-26H2,1-4H3,(H,56,58)(H,57,59)(H,60,67)(H,61,68)/t33-,34-,40+,41+,45+,46+,51?/m1/s1. The van der Waals surface area contributed by atoms with E-state index in [0.717, 1.165) is 48.3 Å². The molecule has 3 saturated heterocycles. The normalized spacial score (nSPS) is 21.7. The number of aromatic amines is 2. The van der Waals surface area contributed by atoms with Crippen molar-refractivity contribution in [1.29, 1.82) is 0 Å². The second kappa shape index (κ2) is 19.6. The van der Waals surface area contributed by atoms with Crippen molar-refractivity contribution >= 4 is 56.3 Å². The Balaban J connectivity index is 0.904. The van der Waals surface area contributed by atoms with E-state index in [2.05, 4.69) is 66.6 Å². The number of carbonyl (C=O) groups is 4. The molecule has 0 saturated carbocycles. The lowest BCUT2D eigenvalue weighted by molar-refractivity contribution is -0.137. The minimum Gasteiger partial charge on any atom is -0.464 e. The van der Waals surface area contributed by atoms with Crippen LogP contribution in [0.3, 0.4) is 0 Å². The van der Waals surface area contributed by atoms with E-state index in [1.807, 2.05) is 36.4 Å². The van der Waals surface area contributed by atoms with Crippen LogP contribution in [0.15, 0.2) is 85.2 Å². The lowest BCUT2D eigenvalue weighted by Gasteiger charge is -2.34. The number of rotatable bonds is 11. The van der Waals surface area contributed by atoms with Gasteiger partial charge < -0.3 is 49.3 Å². The Bertz CT molecular complexity index is 3200. The van der Waals surface area contributed by atoms with E-state index >= 15 is 8.78 Å². The van der Waals surface area contributed by atoms with Crippen LogP contribution in [-0.4, -0.2) is 123 Å². The number of nitrogens with zero attached hydrogens (tertiary/aromatic N) is 5. The Hall–Kier alpha value is -7.32. The number of methoxy groups -OCH3 is 2. The third kappa shape index (κ3) is 9.04. The summed E-state index contributed by atoms with van der Waals surface area (Å²) in [5, 5.41) is 7.37. The van der Waals surface area contributed by atoms with Gasteiger partial charge in [0.25, 0.3) is 0 Å². The fourth-order valence-electron chi connectivity index (χ4n) is 10.9. The first-order valence-corrected chi connectivity index (χ1v) is 25.4. The summed E-state index contributed by atoms with van der Waals surface area (Å²) in [5.74, 6) is 0.246. The van der Waals surface area contributed by atoms with Crippen LogP contribution in [0.5, 0.6) is 5.75 Å². The van der Waals surface area contributed by atoms with Crippen molar-refractivity contribution in [3.8, 4) is 39.5 Å². The molecule has 0 spiro atoms. The predicted molar refractivity (Wildman–Crippen MR) is 268 cm³/mol. The lowest BCUT2D eigenvalue weighted by Crippen LogP contribution is -2.53. The number of hydrogen-bond donors (Lipinski definition) is 4. The molecule has 380 valence electrons. The van der Waals surface area contributed by atoms with Crippen molar-refractivity contribution in [2.45, 2.75) is 82.3 Å². The summed E-state index contributed by atoms with van der Waals surface area (Å²) >= 11 is 1.66. The average molecular weight is 1020 g/mol. The summed E-state index contributed by atoms with van der Waals surface area (Å²) in [6, 6.07) is 21.4. The smallest absolute Gasteiger partial charge is 0.407 e. The summed E-state index contributed by atoms with van der Waals surface area (Å²) in [5.41, 5.74) is 5.68. The zero-order valence-corrected chi connectivity index (χ0v) is 41.4. The molecule has 1 unspecified atom stereocenters. The molecule has 4 aliphatic rings. The molecule has 4 aliphatic heterocycles. The van der Waals surface area contributed by atoms with Gasteiger partial charge >= 0.3 is 12.2 Å². The quantitative estimate of drug-likeness (QED) is 0.0970. The summed E-state index contributed by atoms with van der Waals surface area (Å²) < 4.78 is 56.0. The number of aromatic nitrogens is 5. The molecular formula is C53H55F2N9O8S. The van der Waals surface area contributed by atoms with Crippen molar-refractivity contribution in [2.24, 2.45) is 11.8 Å². The highest BCUT2D eigenvalue weighted by Gasteiger charge is 2.44. The van der Waals surface area contributed by atoms with E-state index in [1.54, 1.807) is 37.6 Å². The largest absolute Gasteiger partial charge is 0.464 e. The van der Waals surface area contributed by atoms with Crippen LogP contribution in [0.25, 0.3) is 54.8 Å². The number of H-pyrrole nitrogens is 2. The number of imidazole rings is 2. The monoisotopic (exact) mass is 1020 g/mol. The highest BCUT2D eigenvalue weighted by molar-refractivity contribution is 7.19. The lowest BCUT2D eigenvalue weighted by atomic mass is 9.90. The van der Waals surface area contributed by atoms with Gasteiger partial charge in [-0.3, -0.25) is 14.2 Å². The minimum atomic E-state index is -1.28. The van der Waals surface area contributed by atoms with Gasteiger partial charge in [0.2, 0.25) is 18.0 Å². The highest BCUT2D eigenvalue weighted by Crippen LogP contribution is 2.48. The van der Waals surface area contributed by atoms with Gasteiger partial charge in [-0.25, -0.2) is 28.3 Å². The fourth-order valence-corrected chi connectivity index (χ4v) is 12.0. The molecule has 0 radical (unpaired) electrons. The molecule has 11 rings (SSSR count). The molecule has 0 aliphatic carbocycles. The van der Waals surface area contributed by atoms with Crippen molar-refractivity contribution in [2.75, 3.05) is 40.5 Å². The SMILES string of the molecule is COC(=O)N[C@H](C(=O)N1C[C@H](F)C[C@H]1c1ncc(-c2ccc3c(c2)OC(c2cc4ccccc4s2)n2c-3cc3cc(-c4cnc([C@@H]5C[C@@H](F)CN5C(=O)[C@@H](NC(=O)OC)C5CCOCC5)[nH]4)ccc32)[nH]1)C(C)C. The number of nitrogens with one attached hydrogen (secondary N) is 4. The number of amides is 4. The second-order valence-corrected chi connectivity index (χ2v) is 20.6. The Morgan fingerprint density at radius 1 is 0.767 bits per heavy atom. The maximum atomic E-state index is 15.3. The Morgan fingerprint density at radius 3 is 2.05 bits per heavy atom. The predicted octanol–water partition coefficient (Wildman–Crippen LogP) is 9.00. The first kappa shape index (κ1) is 48.0.